The van der Waals surface area contributed by atoms with Crippen LogP contribution in [0.15, 0.2) is 23.4 Å². The summed E-state index contributed by atoms with van der Waals surface area (Å²) in [6.07, 6.45) is 8.43. The van der Waals surface area contributed by atoms with Gasteiger partial charge in [-0.25, -0.2) is 0 Å². The first-order valence-electron chi connectivity index (χ1n) is 7.52. The van der Waals surface area contributed by atoms with Crippen molar-refractivity contribution in [3.8, 4) is 0 Å². The van der Waals surface area contributed by atoms with E-state index in [0.717, 1.165) is 11.8 Å². The molecule has 0 aromatic carbocycles. The number of allylic oxidation sites excluding steroid dienone is 4. The third-order valence-corrected chi connectivity index (χ3v) is 4.45. The molecule has 1 atom stereocenters. The molecule has 1 heteroatoms. The van der Waals surface area contributed by atoms with E-state index in [2.05, 4.69) is 58.7 Å². The fraction of sp³-hybridized carbons (Fsp3) is 0.765. The zero-order valence-corrected chi connectivity index (χ0v) is 13.2. The highest BCUT2D eigenvalue weighted by Crippen LogP contribution is 2.26. The molecular formula is C17H31N. The molecule has 0 aliphatic heterocycles. The molecule has 1 rings (SSSR count). The normalized spacial score (nSPS) is 17.8. The quantitative estimate of drug-likeness (QED) is 0.650. The predicted octanol–water partition coefficient (Wildman–Crippen LogP) is 4.86. The molecule has 0 amide bonds. The molecule has 0 bridgehead atoms. The second-order valence-electron chi connectivity index (χ2n) is 6.49. The zero-order valence-electron chi connectivity index (χ0n) is 13.2. The van der Waals surface area contributed by atoms with E-state index < -0.39 is 0 Å². The van der Waals surface area contributed by atoms with Crippen molar-refractivity contribution in [3.63, 3.8) is 0 Å². The van der Waals surface area contributed by atoms with Crippen molar-refractivity contribution in [3.05, 3.63) is 23.4 Å². The van der Waals surface area contributed by atoms with Gasteiger partial charge >= 0.3 is 0 Å². The molecule has 0 saturated carbocycles. The van der Waals surface area contributed by atoms with Crippen molar-refractivity contribution in [1.29, 1.82) is 0 Å². The van der Waals surface area contributed by atoms with E-state index in [1.54, 1.807) is 5.57 Å². The molecule has 0 radical (unpaired) electrons. The standard InChI is InChI=1S/C17H31N/c1-13(2)15(5)11-12-18(6)17-9-7-16(8-10-17)14(3)4/h7,9,13-15H,8,10-12H2,1-6H3. The average molecular weight is 249 g/mol. The van der Waals surface area contributed by atoms with E-state index in [0.29, 0.717) is 5.92 Å². The first-order valence-corrected chi connectivity index (χ1v) is 7.52. The van der Waals surface area contributed by atoms with Gasteiger partial charge in [0.15, 0.2) is 0 Å². The lowest BCUT2D eigenvalue weighted by atomic mass is 9.92. The molecule has 1 aliphatic carbocycles. The van der Waals surface area contributed by atoms with Crippen molar-refractivity contribution in [1.82, 2.24) is 4.90 Å². The van der Waals surface area contributed by atoms with Gasteiger partial charge in [0.25, 0.3) is 0 Å². The summed E-state index contributed by atoms with van der Waals surface area (Å²) in [5, 5.41) is 0. The fourth-order valence-electron chi connectivity index (χ4n) is 2.32. The maximum atomic E-state index is 2.45. The molecule has 0 N–H and O–H groups in total. The Balaban J connectivity index is 2.46. The largest absolute Gasteiger partial charge is 0.378 e. The van der Waals surface area contributed by atoms with Gasteiger partial charge in [0.2, 0.25) is 0 Å². The number of hydrogen-bond donors (Lipinski definition) is 0. The van der Waals surface area contributed by atoms with E-state index in [1.165, 1.54) is 31.5 Å². The van der Waals surface area contributed by atoms with Gasteiger partial charge in [-0.2, -0.15) is 0 Å². The van der Waals surface area contributed by atoms with Crippen LogP contribution in [0.1, 0.15) is 53.9 Å². The van der Waals surface area contributed by atoms with Crippen LogP contribution < -0.4 is 0 Å². The van der Waals surface area contributed by atoms with Crippen LogP contribution >= 0.6 is 0 Å². The highest BCUT2D eigenvalue weighted by Gasteiger charge is 2.13. The van der Waals surface area contributed by atoms with Crippen LogP contribution in [0.4, 0.5) is 0 Å². The minimum absolute atomic E-state index is 0.703. The molecule has 1 unspecified atom stereocenters. The molecule has 0 fully saturated rings. The van der Waals surface area contributed by atoms with Crippen LogP contribution in [0.5, 0.6) is 0 Å². The molecule has 18 heavy (non-hydrogen) atoms. The van der Waals surface area contributed by atoms with Gasteiger partial charge in [0.1, 0.15) is 0 Å². The monoisotopic (exact) mass is 249 g/mol. The average Bonchev–Trinajstić information content (AvgIpc) is 2.35. The van der Waals surface area contributed by atoms with Crippen molar-refractivity contribution in [2.45, 2.75) is 53.9 Å². The van der Waals surface area contributed by atoms with Crippen LogP contribution in [0.25, 0.3) is 0 Å². The summed E-state index contributed by atoms with van der Waals surface area (Å²) in [4.78, 5) is 2.45. The molecule has 1 nitrogen and oxygen atoms in total. The number of hydrogen-bond acceptors (Lipinski definition) is 1. The Morgan fingerprint density at radius 3 is 2.17 bits per heavy atom. The van der Waals surface area contributed by atoms with Crippen molar-refractivity contribution >= 4 is 0 Å². The summed E-state index contributed by atoms with van der Waals surface area (Å²) in [5.41, 5.74) is 3.11. The molecule has 104 valence electrons. The van der Waals surface area contributed by atoms with E-state index >= 15 is 0 Å². The molecule has 0 spiro atoms. The first-order chi connectivity index (χ1) is 8.41. The molecule has 0 heterocycles. The maximum Gasteiger partial charge on any atom is 0.0174 e. The SMILES string of the molecule is CC(C)C1=CC=C(N(C)CCC(C)C(C)C)CC1. The van der Waals surface area contributed by atoms with Crippen molar-refractivity contribution < 1.29 is 0 Å². The van der Waals surface area contributed by atoms with Gasteiger partial charge in [-0.05, 0) is 43.1 Å². The molecule has 0 aromatic heterocycles. The molecule has 0 saturated heterocycles. The van der Waals surface area contributed by atoms with Gasteiger partial charge in [-0.1, -0.05) is 46.3 Å². The van der Waals surface area contributed by atoms with Gasteiger partial charge in [0, 0.05) is 19.3 Å². The molecule has 1 aliphatic rings. The second kappa shape index (κ2) is 7.01. The Morgan fingerprint density at radius 2 is 1.72 bits per heavy atom. The van der Waals surface area contributed by atoms with Gasteiger partial charge in [-0.15, -0.1) is 0 Å². The molecule has 0 aromatic rings. The summed E-state index contributed by atoms with van der Waals surface area (Å²) in [6.45, 7) is 12.8. The van der Waals surface area contributed by atoms with Crippen molar-refractivity contribution in [2.24, 2.45) is 17.8 Å². The maximum absolute atomic E-state index is 2.45. The van der Waals surface area contributed by atoms with Gasteiger partial charge < -0.3 is 4.90 Å². The van der Waals surface area contributed by atoms with Crippen molar-refractivity contribution in [2.75, 3.05) is 13.6 Å². The predicted molar refractivity (Wildman–Crippen MR) is 81.5 cm³/mol. The lowest BCUT2D eigenvalue weighted by Crippen LogP contribution is -2.23. The Hall–Kier alpha value is -0.720. The summed E-state index contributed by atoms with van der Waals surface area (Å²) in [7, 11) is 2.24. The van der Waals surface area contributed by atoms with Crippen LogP contribution in [0.2, 0.25) is 0 Å². The Kier molecular flexibility index (Phi) is 5.98. The third-order valence-electron chi connectivity index (χ3n) is 4.45. The summed E-state index contributed by atoms with van der Waals surface area (Å²) in [6, 6.07) is 0. The van der Waals surface area contributed by atoms with E-state index in [1.807, 2.05) is 0 Å². The van der Waals surface area contributed by atoms with Crippen LogP contribution in [0.3, 0.4) is 0 Å². The fourth-order valence-corrected chi connectivity index (χ4v) is 2.32. The Bertz CT molecular complexity index is 310. The van der Waals surface area contributed by atoms with Crippen LogP contribution in [0, 0.1) is 17.8 Å². The second-order valence-corrected chi connectivity index (χ2v) is 6.49. The highest BCUT2D eigenvalue weighted by atomic mass is 15.1. The first kappa shape index (κ1) is 15.3. The van der Waals surface area contributed by atoms with Crippen LogP contribution in [-0.4, -0.2) is 18.5 Å². The zero-order chi connectivity index (χ0) is 13.7. The summed E-state index contributed by atoms with van der Waals surface area (Å²) >= 11 is 0. The van der Waals surface area contributed by atoms with Gasteiger partial charge in [0.05, 0.1) is 0 Å². The Labute approximate surface area is 114 Å². The Morgan fingerprint density at radius 1 is 1.06 bits per heavy atom. The smallest absolute Gasteiger partial charge is 0.0174 e. The van der Waals surface area contributed by atoms with Crippen LogP contribution in [-0.2, 0) is 0 Å². The van der Waals surface area contributed by atoms with E-state index in [9.17, 15) is 0 Å². The van der Waals surface area contributed by atoms with E-state index in [4.69, 9.17) is 0 Å². The lowest BCUT2D eigenvalue weighted by molar-refractivity contribution is 0.314. The number of rotatable bonds is 6. The lowest BCUT2D eigenvalue weighted by Gasteiger charge is -2.28. The topological polar surface area (TPSA) is 3.24 Å². The van der Waals surface area contributed by atoms with E-state index in [-0.39, 0.29) is 0 Å². The summed E-state index contributed by atoms with van der Waals surface area (Å²) in [5.74, 6) is 2.32. The summed E-state index contributed by atoms with van der Waals surface area (Å²) < 4.78 is 0. The molecular weight excluding hydrogens is 218 g/mol. The third kappa shape index (κ3) is 4.51. The van der Waals surface area contributed by atoms with Gasteiger partial charge in [-0.3, -0.25) is 0 Å². The highest BCUT2D eigenvalue weighted by molar-refractivity contribution is 5.24. The minimum atomic E-state index is 0.703. The minimum Gasteiger partial charge on any atom is -0.378 e. The number of nitrogens with zero attached hydrogens (tertiary/aromatic N) is 1.